The standard InChI is InChI=1S/C15H18N6O/c22-15(20-8-7-11-5-6-12(9-20)17-11)13-3-1-2-4-14(13)21-10-16-18-19-21/h1-4,10-12,17H,5-9H2. The molecule has 1 aromatic carbocycles. The van der Waals surface area contributed by atoms with Gasteiger partial charge in [-0.1, -0.05) is 12.1 Å². The predicted octanol–water partition coefficient (Wildman–Crippen LogP) is 0.629. The van der Waals surface area contributed by atoms with Gasteiger partial charge in [0.15, 0.2) is 0 Å². The fourth-order valence-electron chi connectivity index (χ4n) is 3.42. The zero-order valence-corrected chi connectivity index (χ0v) is 12.2. The van der Waals surface area contributed by atoms with Crippen LogP contribution in [-0.2, 0) is 0 Å². The van der Waals surface area contributed by atoms with Crippen molar-refractivity contribution in [2.45, 2.75) is 31.3 Å². The maximum atomic E-state index is 13.0. The van der Waals surface area contributed by atoms with Crippen LogP contribution in [0.25, 0.3) is 5.69 Å². The molecule has 0 spiro atoms. The van der Waals surface area contributed by atoms with Crippen molar-refractivity contribution in [2.75, 3.05) is 13.1 Å². The van der Waals surface area contributed by atoms with Gasteiger partial charge in [0.05, 0.1) is 11.3 Å². The average molecular weight is 298 g/mol. The molecule has 2 bridgehead atoms. The smallest absolute Gasteiger partial charge is 0.256 e. The van der Waals surface area contributed by atoms with E-state index >= 15 is 0 Å². The largest absolute Gasteiger partial charge is 0.337 e. The van der Waals surface area contributed by atoms with Crippen molar-refractivity contribution in [3.8, 4) is 5.69 Å². The van der Waals surface area contributed by atoms with Crippen molar-refractivity contribution in [2.24, 2.45) is 0 Å². The first-order valence-corrected chi connectivity index (χ1v) is 7.69. The molecule has 2 unspecified atom stereocenters. The molecule has 22 heavy (non-hydrogen) atoms. The summed E-state index contributed by atoms with van der Waals surface area (Å²) in [5, 5.41) is 14.8. The third-order valence-corrected chi connectivity index (χ3v) is 4.54. The van der Waals surface area contributed by atoms with E-state index in [9.17, 15) is 4.79 Å². The molecule has 1 N–H and O–H groups in total. The molecule has 4 rings (SSSR count). The van der Waals surface area contributed by atoms with Crippen molar-refractivity contribution in [1.29, 1.82) is 0 Å². The van der Waals surface area contributed by atoms with Crippen molar-refractivity contribution in [3.05, 3.63) is 36.2 Å². The third kappa shape index (κ3) is 2.37. The lowest BCUT2D eigenvalue weighted by atomic mass is 10.1. The molecule has 3 heterocycles. The molecule has 7 heteroatoms. The van der Waals surface area contributed by atoms with Gasteiger partial charge < -0.3 is 10.2 Å². The molecular formula is C15H18N6O. The average Bonchev–Trinajstić information content (AvgIpc) is 3.16. The Bertz CT molecular complexity index is 670. The van der Waals surface area contributed by atoms with E-state index in [4.69, 9.17) is 0 Å². The second kappa shape index (κ2) is 5.49. The number of rotatable bonds is 2. The van der Waals surface area contributed by atoms with E-state index in [1.54, 1.807) is 0 Å². The number of para-hydroxylation sites is 1. The monoisotopic (exact) mass is 298 g/mol. The van der Waals surface area contributed by atoms with Crippen LogP contribution < -0.4 is 5.32 Å². The third-order valence-electron chi connectivity index (χ3n) is 4.54. The summed E-state index contributed by atoms with van der Waals surface area (Å²) in [7, 11) is 0. The topological polar surface area (TPSA) is 75.9 Å². The van der Waals surface area contributed by atoms with Crippen LogP contribution in [-0.4, -0.2) is 56.2 Å². The number of benzene rings is 1. The van der Waals surface area contributed by atoms with Crippen LogP contribution >= 0.6 is 0 Å². The van der Waals surface area contributed by atoms with E-state index in [0.29, 0.717) is 17.6 Å². The van der Waals surface area contributed by atoms with Crippen LogP contribution in [0, 0.1) is 0 Å². The number of nitrogens with one attached hydrogen (secondary N) is 1. The normalized spacial score (nSPS) is 24.3. The number of hydrogen-bond donors (Lipinski definition) is 1. The minimum atomic E-state index is 0.0560. The Hall–Kier alpha value is -2.28. The highest BCUT2D eigenvalue weighted by atomic mass is 16.2. The Labute approximate surface area is 128 Å². The Balaban J connectivity index is 1.63. The van der Waals surface area contributed by atoms with Crippen LogP contribution in [0.3, 0.4) is 0 Å². The molecule has 0 radical (unpaired) electrons. The second-order valence-electron chi connectivity index (χ2n) is 5.95. The number of nitrogens with zero attached hydrogens (tertiary/aromatic N) is 5. The Kier molecular flexibility index (Phi) is 3.34. The van der Waals surface area contributed by atoms with E-state index < -0.39 is 0 Å². The van der Waals surface area contributed by atoms with Crippen molar-refractivity contribution < 1.29 is 4.79 Å². The van der Waals surface area contributed by atoms with E-state index in [-0.39, 0.29) is 5.91 Å². The number of likely N-dealkylation sites (tertiary alicyclic amines) is 1. The van der Waals surface area contributed by atoms with Crippen LogP contribution in [0.4, 0.5) is 0 Å². The maximum Gasteiger partial charge on any atom is 0.256 e. The summed E-state index contributed by atoms with van der Waals surface area (Å²) in [5.74, 6) is 0.0560. The highest BCUT2D eigenvalue weighted by molar-refractivity contribution is 5.97. The Morgan fingerprint density at radius 1 is 1.18 bits per heavy atom. The summed E-state index contributed by atoms with van der Waals surface area (Å²) in [5.41, 5.74) is 1.37. The number of aromatic nitrogens is 4. The quantitative estimate of drug-likeness (QED) is 0.880. The maximum absolute atomic E-state index is 13.0. The van der Waals surface area contributed by atoms with Gasteiger partial charge in [-0.3, -0.25) is 4.79 Å². The summed E-state index contributed by atoms with van der Waals surface area (Å²) in [6.07, 6.45) is 4.92. The van der Waals surface area contributed by atoms with E-state index in [2.05, 4.69) is 20.8 Å². The lowest BCUT2D eigenvalue weighted by molar-refractivity contribution is 0.0748. The molecule has 0 aliphatic carbocycles. The molecular weight excluding hydrogens is 280 g/mol. The van der Waals surface area contributed by atoms with Gasteiger partial charge in [-0.2, -0.15) is 4.68 Å². The molecule has 2 saturated heterocycles. The van der Waals surface area contributed by atoms with Gasteiger partial charge in [-0.25, -0.2) is 0 Å². The van der Waals surface area contributed by atoms with E-state index in [1.807, 2.05) is 29.2 Å². The molecule has 7 nitrogen and oxygen atoms in total. The van der Waals surface area contributed by atoms with Crippen LogP contribution in [0.5, 0.6) is 0 Å². The molecule has 0 saturated carbocycles. The molecule has 1 aromatic heterocycles. The number of carbonyl (C=O) groups excluding carboxylic acids is 1. The molecule has 2 atom stereocenters. The molecule has 2 fully saturated rings. The zero-order chi connectivity index (χ0) is 14.9. The number of tetrazole rings is 1. The zero-order valence-electron chi connectivity index (χ0n) is 12.2. The highest BCUT2D eigenvalue weighted by Gasteiger charge is 2.32. The van der Waals surface area contributed by atoms with E-state index in [0.717, 1.165) is 31.6 Å². The Morgan fingerprint density at radius 2 is 2.05 bits per heavy atom. The number of fused-ring (bicyclic) bond motifs is 2. The lowest BCUT2D eigenvalue weighted by Crippen LogP contribution is -2.39. The number of amides is 1. The van der Waals surface area contributed by atoms with Gasteiger partial charge in [0.25, 0.3) is 5.91 Å². The van der Waals surface area contributed by atoms with Gasteiger partial charge >= 0.3 is 0 Å². The molecule has 2 aromatic rings. The van der Waals surface area contributed by atoms with Gasteiger partial charge in [-0.05, 0) is 41.8 Å². The minimum absolute atomic E-state index is 0.0560. The first kappa shape index (κ1) is 13.4. The minimum Gasteiger partial charge on any atom is -0.337 e. The molecule has 1 amide bonds. The first-order valence-electron chi connectivity index (χ1n) is 7.69. The fourth-order valence-corrected chi connectivity index (χ4v) is 3.42. The second-order valence-corrected chi connectivity index (χ2v) is 5.95. The summed E-state index contributed by atoms with van der Waals surface area (Å²) < 4.78 is 1.54. The predicted molar refractivity (Wildman–Crippen MR) is 79.6 cm³/mol. The summed E-state index contributed by atoms with van der Waals surface area (Å²) in [4.78, 5) is 14.9. The Morgan fingerprint density at radius 3 is 2.91 bits per heavy atom. The van der Waals surface area contributed by atoms with Crippen LogP contribution in [0.2, 0.25) is 0 Å². The summed E-state index contributed by atoms with van der Waals surface area (Å²) in [6, 6.07) is 8.47. The van der Waals surface area contributed by atoms with Crippen LogP contribution in [0.1, 0.15) is 29.6 Å². The van der Waals surface area contributed by atoms with Gasteiger partial charge in [0.2, 0.25) is 0 Å². The summed E-state index contributed by atoms with van der Waals surface area (Å²) >= 11 is 0. The van der Waals surface area contributed by atoms with Crippen LogP contribution in [0.15, 0.2) is 30.6 Å². The SMILES string of the molecule is O=C(c1ccccc1-n1cnnn1)N1CCC2CCC(C1)N2. The van der Waals surface area contributed by atoms with Gasteiger partial charge in [0.1, 0.15) is 6.33 Å². The lowest BCUT2D eigenvalue weighted by Gasteiger charge is -2.25. The molecule has 2 aliphatic heterocycles. The van der Waals surface area contributed by atoms with Gasteiger partial charge in [-0.15, -0.1) is 5.10 Å². The first-order chi connectivity index (χ1) is 10.8. The molecule has 114 valence electrons. The van der Waals surface area contributed by atoms with Crippen molar-refractivity contribution in [3.63, 3.8) is 0 Å². The molecule has 2 aliphatic rings. The number of hydrogen-bond acceptors (Lipinski definition) is 5. The number of carbonyl (C=O) groups is 1. The fraction of sp³-hybridized carbons (Fsp3) is 0.467. The summed E-state index contributed by atoms with van der Waals surface area (Å²) in [6.45, 7) is 1.58. The highest BCUT2D eigenvalue weighted by Crippen LogP contribution is 2.23. The van der Waals surface area contributed by atoms with Gasteiger partial charge in [0, 0.05) is 25.2 Å². The van der Waals surface area contributed by atoms with E-state index in [1.165, 1.54) is 17.4 Å². The van der Waals surface area contributed by atoms with Crippen molar-refractivity contribution in [1.82, 2.24) is 30.4 Å². The van der Waals surface area contributed by atoms with Crippen molar-refractivity contribution >= 4 is 5.91 Å².